The van der Waals surface area contributed by atoms with Crippen molar-refractivity contribution in [1.82, 2.24) is 9.97 Å². The van der Waals surface area contributed by atoms with Crippen molar-refractivity contribution in [2.45, 2.75) is 23.1 Å². The van der Waals surface area contributed by atoms with E-state index in [1.807, 2.05) is 36.4 Å². The fourth-order valence-corrected chi connectivity index (χ4v) is 4.71. The Balaban J connectivity index is 1.56. The van der Waals surface area contributed by atoms with E-state index in [9.17, 15) is 14.9 Å². The molecule has 0 bridgehead atoms. The van der Waals surface area contributed by atoms with Crippen LogP contribution in [0.3, 0.4) is 0 Å². The molecule has 0 amide bonds. The molecule has 0 atom stereocenters. The lowest BCUT2D eigenvalue weighted by Gasteiger charge is -2.36. The lowest BCUT2D eigenvalue weighted by atomic mass is 9.95. The molecule has 0 N–H and O–H groups in total. The number of ether oxygens (including phenoxy) is 2. The third-order valence-corrected chi connectivity index (χ3v) is 6.70. The summed E-state index contributed by atoms with van der Waals surface area (Å²) in [5.41, 5.74) is 2.79. The second-order valence-corrected chi connectivity index (χ2v) is 9.01. The molecule has 0 spiro atoms. The Morgan fingerprint density at radius 1 is 1.12 bits per heavy atom. The quantitative estimate of drug-likeness (QED) is 0.473. The molecule has 4 heterocycles. The Labute approximate surface area is 200 Å². The van der Waals surface area contributed by atoms with Crippen LogP contribution >= 0.6 is 11.8 Å². The lowest BCUT2D eigenvalue weighted by Crippen LogP contribution is -2.49. The van der Waals surface area contributed by atoms with Gasteiger partial charge in [0.25, 0.3) is 0 Å². The zero-order valence-corrected chi connectivity index (χ0v) is 19.0. The standard InChI is InChI=1S/C25H20FN5O2S/c26-18-11-31(12-18)24-21(8-27)23(17-3-5-19(6-4-17)33-20-13-32-14-20)22(9-28)25(30-24)34-15-16-2-1-7-29-10-16/h1-7,10,18,20H,11-15H2. The average molecular weight is 474 g/mol. The van der Waals surface area contributed by atoms with Crippen LogP contribution in [-0.2, 0) is 10.5 Å². The van der Waals surface area contributed by atoms with E-state index in [4.69, 9.17) is 9.47 Å². The van der Waals surface area contributed by atoms with Crippen LogP contribution in [0.1, 0.15) is 16.7 Å². The molecule has 170 valence electrons. The summed E-state index contributed by atoms with van der Waals surface area (Å²) in [6.45, 7) is 1.48. The summed E-state index contributed by atoms with van der Waals surface area (Å²) in [7, 11) is 0. The van der Waals surface area contributed by atoms with Crippen molar-refractivity contribution in [3.63, 3.8) is 0 Å². The van der Waals surface area contributed by atoms with Gasteiger partial charge in [-0.15, -0.1) is 11.8 Å². The van der Waals surface area contributed by atoms with Crippen molar-refractivity contribution >= 4 is 17.6 Å². The van der Waals surface area contributed by atoms with Crippen molar-refractivity contribution < 1.29 is 13.9 Å². The number of nitrogens with zero attached hydrogens (tertiary/aromatic N) is 5. The van der Waals surface area contributed by atoms with E-state index >= 15 is 0 Å². The molecule has 0 saturated carbocycles. The normalized spacial score (nSPS) is 15.7. The van der Waals surface area contributed by atoms with E-state index in [-0.39, 0.29) is 24.8 Å². The summed E-state index contributed by atoms with van der Waals surface area (Å²) < 4.78 is 24.7. The molecular weight excluding hydrogens is 453 g/mol. The minimum absolute atomic E-state index is 0.0401. The molecule has 2 aliphatic rings. The molecule has 0 aliphatic carbocycles. The van der Waals surface area contributed by atoms with E-state index in [1.54, 1.807) is 17.3 Å². The van der Waals surface area contributed by atoms with Gasteiger partial charge in [-0.1, -0.05) is 18.2 Å². The van der Waals surface area contributed by atoms with E-state index in [2.05, 4.69) is 22.1 Å². The maximum absolute atomic E-state index is 13.7. The van der Waals surface area contributed by atoms with E-state index < -0.39 is 6.17 Å². The number of benzene rings is 1. The number of nitriles is 2. The lowest BCUT2D eigenvalue weighted by molar-refractivity contribution is -0.0796. The maximum Gasteiger partial charge on any atom is 0.148 e. The molecule has 0 radical (unpaired) electrons. The summed E-state index contributed by atoms with van der Waals surface area (Å²) in [4.78, 5) is 10.5. The third-order valence-electron chi connectivity index (χ3n) is 5.66. The maximum atomic E-state index is 13.7. The third kappa shape index (κ3) is 4.41. The summed E-state index contributed by atoms with van der Waals surface area (Å²) in [6.07, 6.45) is 2.55. The van der Waals surface area contributed by atoms with E-state index in [0.29, 0.717) is 52.3 Å². The molecule has 34 heavy (non-hydrogen) atoms. The molecule has 1 aromatic carbocycles. The Morgan fingerprint density at radius 2 is 1.88 bits per heavy atom. The predicted molar refractivity (Wildman–Crippen MR) is 125 cm³/mol. The molecule has 7 nitrogen and oxygen atoms in total. The molecule has 3 aromatic rings. The van der Waals surface area contributed by atoms with Crippen LogP contribution in [0, 0.1) is 22.7 Å². The van der Waals surface area contributed by atoms with Crippen LogP contribution in [0.5, 0.6) is 5.75 Å². The van der Waals surface area contributed by atoms with Crippen LogP contribution in [0.15, 0.2) is 53.8 Å². The van der Waals surface area contributed by atoms with Gasteiger partial charge in [-0.3, -0.25) is 4.98 Å². The number of aromatic nitrogens is 2. The number of pyridine rings is 2. The van der Waals surface area contributed by atoms with E-state index in [0.717, 1.165) is 5.56 Å². The molecular formula is C25H20FN5O2S. The molecule has 5 rings (SSSR count). The van der Waals surface area contributed by atoms with Gasteiger partial charge in [0.15, 0.2) is 0 Å². The number of thioether (sulfide) groups is 1. The highest BCUT2D eigenvalue weighted by molar-refractivity contribution is 7.98. The van der Waals surface area contributed by atoms with Crippen molar-refractivity contribution in [2.75, 3.05) is 31.2 Å². The van der Waals surface area contributed by atoms with Gasteiger partial charge >= 0.3 is 0 Å². The molecule has 2 saturated heterocycles. The topological polar surface area (TPSA) is 95.1 Å². The minimum Gasteiger partial charge on any atom is -0.486 e. The average Bonchev–Trinajstić information content (AvgIpc) is 2.83. The molecule has 2 aromatic heterocycles. The van der Waals surface area contributed by atoms with Gasteiger partial charge in [0, 0.05) is 23.7 Å². The van der Waals surface area contributed by atoms with Crippen LogP contribution in [0.25, 0.3) is 11.1 Å². The zero-order valence-electron chi connectivity index (χ0n) is 18.1. The van der Waals surface area contributed by atoms with Crippen LogP contribution in [0.2, 0.25) is 0 Å². The Morgan fingerprint density at radius 3 is 2.47 bits per heavy atom. The number of rotatable bonds is 7. The second-order valence-electron chi connectivity index (χ2n) is 8.04. The van der Waals surface area contributed by atoms with Crippen LogP contribution in [0.4, 0.5) is 10.2 Å². The summed E-state index contributed by atoms with van der Waals surface area (Å²) >= 11 is 1.40. The summed E-state index contributed by atoms with van der Waals surface area (Å²) in [6, 6.07) is 15.6. The molecule has 0 unspecified atom stereocenters. The first-order valence-corrected chi connectivity index (χ1v) is 11.8. The largest absolute Gasteiger partial charge is 0.486 e. The van der Waals surface area contributed by atoms with Gasteiger partial charge in [0.05, 0.1) is 31.9 Å². The van der Waals surface area contributed by atoms with Gasteiger partial charge in [-0.05, 0) is 29.3 Å². The van der Waals surface area contributed by atoms with Crippen molar-refractivity contribution in [3.8, 4) is 29.0 Å². The fraction of sp³-hybridized carbons (Fsp3) is 0.280. The Kier molecular flexibility index (Phi) is 6.31. The van der Waals surface area contributed by atoms with Gasteiger partial charge in [0.2, 0.25) is 0 Å². The van der Waals surface area contributed by atoms with Crippen molar-refractivity contribution in [1.29, 1.82) is 10.5 Å². The Bertz CT molecular complexity index is 1260. The fourth-order valence-electron chi connectivity index (χ4n) is 3.79. The first-order valence-electron chi connectivity index (χ1n) is 10.8. The SMILES string of the molecule is N#Cc1c(SCc2cccnc2)nc(N2CC(F)C2)c(C#N)c1-c1ccc(OC2COC2)cc1. The highest BCUT2D eigenvalue weighted by Crippen LogP contribution is 2.40. The monoisotopic (exact) mass is 473 g/mol. The Hall–Kier alpha value is -3.66. The van der Waals surface area contributed by atoms with Gasteiger partial charge < -0.3 is 14.4 Å². The first kappa shape index (κ1) is 22.1. The predicted octanol–water partition coefficient (Wildman–Crippen LogP) is 4.11. The van der Waals surface area contributed by atoms with Gasteiger partial charge in [0.1, 0.15) is 46.6 Å². The number of hydrogen-bond acceptors (Lipinski definition) is 8. The van der Waals surface area contributed by atoms with Crippen LogP contribution < -0.4 is 9.64 Å². The summed E-state index contributed by atoms with van der Waals surface area (Å²) in [5, 5.41) is 20.7. The summed E-state index contributed by atoms with van der Waals surface area (Å²) in [5.74, 6) is 1.66. The van der Waals surface area contributed by atoms with E-state index in [1.165, 1.54) is 11.8 Å². The first-order chi connectivity index (χ1) is 16.7. The van der Waals surface area contributed by atoms with Gasteiger partial charge in [-0.25, -0.2) is 9.37 Å². The molecule has 9 heteroatoms. The second kappa shape index (κ2) is 9.68. The molecule has 2 fully saturated rings. The van der Waals surface area contributed by atoms with Crippen molar-refractivity contribution in [2.24, 2.45) is 0 Å². The molecule has 2 aliphatic heterocycles. The zero-order chi connectivity index (χ0) is 23.5. The van der Waals surface area contributed by atoms with Crippen molar-refractivity contribution in [3.05, 3.63) is 65.5 Å². The highest BCUT2D eigenvalue weighted by atomic mass is 32.2. The number of anilines is 1. The minimum atomic E-state index is -0.953. The van der Waals surface area contributed by atoms with Gasteiger partial charge in [-0.2, -0.15) is 10.5 Å². The smallest absolute Gasteiger partial charge is 0.148 e. The number of alkyl halides is 1. The highest BCUT2D eigenvalue weighted by Gasteiger charge is 2.32. The number of halogens is 1. The van der Waals surface area contributed by atoms with Crippen LogP contribution in [-0.4, -0.2) is 48.5 Å². The number of hydrogen-bond donors (Lipinski definition) is 0.